The number of hydrogen-bond acceptors (Lipinski definition) is 4. The van der Waals surface area contributed by atoms with Crippen LogP contribution in [0, 0.1) is 10.1 Å². The third-order valence-electron chi connectivity index (χ3n) is 3.81. The van der Waals surface area contributed by atoms with Crippen LogP contribution >= 0.6 is 0 Å². The molecule has 7 heteroatoms. The molecule has 0 unspecified atom stereocenters. The third-order valence-corrected chi connectivity index (χ3v) is 3.81. The van der Waals surface area contributed by atoms with Crippen LogP contribution in [0.3, 0.4) is 0 Å². The first-order chi connectivity index (χ1) is 11.0. The largest absolute Gasteiger partial charge is 0.390 e. The van der Waals surface area contributed by atoms with E-state index < -0.39 is 23.1 Å². The number of non-ortho nitro benzene ring substituents is 1. The lowest BCUT2D eigenvalue weighted by Crippen LogP contribution is -2.36. The molecule has 0 heterocycles. The van der Waals surface area contributed by atoms with Crippen LogP contribution in [0.2, 0.25) is 0 Å². The molecule has 0 aliphatic heterocycles. The Hall–Kier alpha value is -2.93. The van der Waals surface area contributed by atoms with Crippen molar-refractivity contribution in [3.8, 4) is 0 Å². The lowest BCUT2D eigenvalue weighted by molar-refractivity contribution is -0.384. The van der Waals surface area contributed by atoms with Gasteiger partial charge in [0.1, 0.15) is 0 Å². The molecule has 0 saturated carbocycles. The maximum absolute atomic E-state index is 12.1. The zero-order chi connectivity index (χ0) is 16.4. The number of carbonyl (C=O) groups excluding carboxylic acids is 1. The van der Waals surface area contributed by atoms with Gasteiger partial charge in [-0.25, -0.2) is 4.79 Å². The van der Waals surface area contributed by atoms with Crippen LogP contribution < -0.4 is 10.6 Å². The van der Waals surface area contributed by atoms with Gasteiger partial charge in [0.15, 0.2) is 0 Å². The normalized spacial score (nSPS) is 19.0. The molecule has 0 bridgehead atoms. The maximum Gasteiger partial charge on any atom is 0.319 e. The van der Waals surface area contributed by atoms with Crippen molar-refractivity contribution in [2.75, 3.05) is 5.32 Å². The molecule has 0 spiro atoms. The van der Waals surface area contributed by atoms with Gasteiger partial charge in [-0.3, -0.25) is 10.1 Å². The minimum atomic E-state index is -0.691. The highest BCUT2D eigenvalue weighted by atomic mass is 16.6. The van der Waals surface area contributed by atoms with Crippen LogP contribution in [-0.4, -0.2) is 22.2 Å². The topological polar surface area (TPSA) is 104 Å². The van der Waals surface area contributed by atoms with E-state index >= 15 is 0 Å². The molecule has 1 aliphatic carbocycles. The Kier molecular flexibility index (Phi) is 3.94. The standard InChI is InChI=1S/C16H15N3O4/c20-14-8-10-4-1-2-7-13(10)15(14)18-16(21)17-11-5-3-6-12(9-11)19(22)23/h1-7,9,14-15,20H,8H2,(H2,17,18,21)/t14-,15+/m0/s1. The smallest absolute Gasteiger partial charge is 0.319 e. The van der Waals surface area contributed by atoms with E-state index in [1.807, 2.05) is 24.3 Å². The number of fused-ring (bicyclic) bond motifs is 1. The Labute approximate surface area is 132 Å². The van der Waals surface area contributed by atoms with Crippen molar-refractivity contribution in [3.63, 3.8) is 0 Å². The summed E-state index contributed by atoms with van der Waals surface area (Å²) in [5.41, 5.74) is 2.10. The molecule has 118 valence electrons. The molecular weight excluding hydrogens is 298 g/mol. The molecule has 1 aliphatic rings. The lowest BCUT2D eigenvalue weighted by atomic mass is 10.1. The summed E-state index contributed by atoms with van der Waals surface area (Å²) in [5, 5.41) is 26.1. The van der Waals surface area contributed by atoms with Gasteiger partial charge in [-0.15, -0.1) is 0 Å². The number of urea groups is 1. The number of amides is 2. The number of rotatable bonds is 3. The minimum absolute atomic E-state index is 0.103. The summed E-state index contributed by atoms with van der Waals surface area (Å²) in [4.78, 5) is 22.3. The Morgan fingerprint density at radius 3 is 2.78 bits per heavy atom. The fourth-order valence-electron chi connectivity index (χ4n) is 2.75. The summed E-state index contributed by atoms with van der Waals surface area (Å²) < 4.78 is 0. The SMILES string of the molecule is O=C(Nc1cccc([N+](=O)[O-])c1)N[C@@H]1c2ccccc2C[C@@H]1O. The zero-order valence-corrected chi connectivity index (χ0v) is 12.1. The first-order valence-corrected chi connectivity index (χ1v) is 7.12. The van der Waals surface area contributed by atoms with Gasteiger partial charge in [0.05, 0.1) is 17.1 Å². The van der Waals surface area contributed by atoms with Gasteiger partial charge in [0, 0.05) is 24.2 Å². The summed E-state index contributed by atoms with van der Waals surface area (Å²) >= 11 is 0. The van der Waals surface area contributed by atoms with Crippen LogP contribution in [0.25, 0.3) is 0 Å². The van der Waals surface area contributed by atoms with E-state index in [1.54, 1.807) is 6.07 Å². The molecule has 0 saturated heterocycles. The average molecular weight is 313 g/mol. The quantitative estimate of drug-likeness (QED) is 0.597. The van der Waals surface area contributed by atoms with Crippen molar-refractivity contribution >= 4 is 17.4 Å². The Bertz CT molecular complexity index is 762. The number of benzene rings is 2. The van der Waals surface area contributed by atoms with E-state index in [1.165, 1.54) is 18.2 Å². The molecular formula is C16H15N3O4. The van der Waals surface area contributed by atoms with Crippen molar-refractivity contribution in [2.45, 2.75) is 18.6 Å². The number of aliphatic hydroxyl groups is 1. The third kappa shape index (κ3) is 3.14. The van der Waals surface area contributed by atoms with Gasteiger partial charge in [-0.1, -0.05) is 30.3 Å². The fraction of sp³-hybridized carbons (Fsp3) is 0.188. The van der Waals surface area contributed by atoms with Crippen LogP contribution in [0.1, 0.15) is 17.2 Å². The summed E-state index contributed by atoms with van der Waals surface area (Å²) in [6.45, 7) is 0. The van der Waals surface area contributed by atoms with Crippen molar-refractivity contribution in [1.82, 2.24) is 5.32 Å². The second-order valence-corrected chi connectivity index (χ2v) is 5.35. The molecule has 2 atom stereocenters. The number of nitrogens with one attached hydrogen (secondary N) is 2. The van der Waals surface area contributed by atoms with E-state index in [0.717, 1.165) is 11.1 Å². The van der Waals surface area contributed by atoms with Gasteiger partial charge in [-0.2, -0.15) is 0 Å². The summed E-state index contributed by atoms with van der Waals surface area (Å²) in [5.74, 6) is 0. The Balaban J connectivity index is 1.71. The maximum atomic E-state index is 12.1. The highest BCUT2D eigenvalue weighted by Gasteiger charge is 2.31. The molecule has 3 N–H and O–H groups in total. The molecule has 7 nitrogen and oxygen atoms in total. The first kappa shape index (κ1) is 15.0. The van der Waals surface area contributed by atoms with Gasteiger partial charge in [0.2, 0.25) is 0 Å². The molecule has 2 aromatic carbocycles. The minimum Gasteiger partial charge on any atom is -0.390 e. The Morgan fingerprint density at radius 1 is 1.22 bits per heavy atom. The van der Waals surface area contributed by atoms with Crippen LogP contribution in [0.4, 0.5) is 16.2 Å². The number of carbonyl (C=O) groups is 1. The van der Waals surface area contributed by atoms with Crippen molar-refractivity contribution in [3.05, 3.63) is 69.8 Å². The van der Waals surface area contributed by atoms with Crippen LogP contribution in [0.5, 0.6) is 0 Å². The van der Waals surface area contributed by atoms with Gasteiger partial charge in [0.25, 0.3) is 5.69 Å². The molecule has 2 amide bonds. The van der Waals surface area contributed by atoms with Crippen LogP contribution in [-0.2, 0) is 6.42 Å². The number of nitrogens with zero attached hydrogens (tertiary/aromatic N) is 1. The molecule has 0 fully saturated rings. The highest BCUT2D eigenvalue weighted by Crippen LogP contribution is 2.31. The number of nitro groups is 1. The number of nitro benzene ring substituents is 1. The molecule has 3 rings (SSSR count). The fourth-order valence-corrected chi connectivity index (χ4v) is 2.75. The second-order valence-electron chi connectivity index (χ2n) is 5.35. The highest BCUT2D eigenvalue weighted by molar-refractivity contribution is 5.90. The van der Waals surface area contributed by atoms with E-state index in [9.17, 15) is 20.0 Å². The van der Waals surface area contributed by atoms with Crippen molar-refractivity contribution < 1.29 is 14.8 Å². The van der Waals surface area contributed by atoms with E-state index in [2.05, 4.69) is 10.6 Å². The van der Waals surface area contributed by atoms with Gasteiger partial charge < -0.3 is 15.7 Å². The number of aliphatic hydroxyl groups excluding tert-OH is 1. The number of anilines is 1. The number of hydrogen-bond donors (Lipinski definition) is 3. The van der Waals surface area contributed by atoms with E-state index in [0.29, 0.717) is 12.1 Å². The summed E-state index contributed by atoms with van der Waals surface area (Å²) in [7, 11) is 0. The molecule has 23 heavy (non-hydrogen) atoms. The van der Waals surface area contributed by atoms with Crippen molar-refractivity contribution in [2.24, 2.45) is 0 Å². The molecule has 2 aromatic rings. The summed E-state index contributed by atoms with van der Waals surface area (Å²) in [6, 6.07) is 12.2. The summed E-state index contributed by atoms with van der Waals surface area (Å²) in [6.07, 6.45) is -0.207. The monoisotopic (exact) mass is 313 g/mol. The predicted molar refractivity (Wildman–Crippen MR) is 84.1 cm³/mol. The average Bonchev–Trinajstić information content (AvgIpc) is 2.83. The second kappa shape index (κ2) is 6.05. The first-order valence-electron chi connectivity index (χ1n) is 7.12. The zero-order valence-electron chi connectivity index (χ0n) is 12.1. The predicted octanol–water partition coefficient (Wildman–Crippen LogP) is 2.37. The van der Waals surface area contributed by atoms with E-state index in [-0.39, 0.29) is 5.69 Å². The molecule has 0 radical (unpaired) electrons. The van der Waals surface area contributed by atoms with Gasteiger partial charge >= 0.3 is 6.03 Å². The van der Waals surface area contributed by atoms with Crippen molar-refractivity contribution in [1.29, 1.82) is 0 Å². The van der Waals surface area contributed by atoms with Gasteiger partial charge in [-0.05, 0) is 17.2 Å². The van der Waals surface area contributed by atoms with Crippen LogP contribution in [0.15, 0.2) is 48.5 Å². The lowest BCUT2D eigenvalue weighted by Gasteiger charge is -2.18. The Morgan fingerprint density at radius 2 is 2.00 bits per heavy atom. The molecule has 0 aromatic heterocycles. The van der Waals surface area contributed by atoms with E-state index in [4.69, 9.17) is 0 Å².